The Morgan fingerprint density at radius 3 is 2.94 bits per heavy atom. The van der Waals surface area contributed by atoms with Gasteiger partial charge in [-0.3, -0.25) is 4.79 Å². The number of nitrogens with two attached hydrogens (primary N) is 1. The third-order valence-electron chi connectivity index (χ3n) is 3.05. The van der Waals surface area contributed by atoms with E-state index in [9.17, 15) is 4.79 Å². The maximum absolute atomic E-state index is 10.5. The Labute approximate surface area is 99.3 Å². The molecule has 4 heteroatoms. The summed E-state index contributed by atoms with van der Waals surface area (Å²) in [6, 6.07) is 2.08. The van der Waals surface area contributed by atoms with Crippen LogP contribution in [0.25, 0.3) is 0 Å². The molecular formula is C12H17NO2S. The summed E-state index contributed by atoms with van der Waals surface area (Å²) in [5, 5.41) is 8.62. The minimum atomic E-state index is -0.767. The van der Waals surface area contributed by atoms with Crippen LogP contribution in [0.15, 0.2) is 6.07 Å². The number of carboxylic acid groups (broad SMARTS) is 1. The summed E-state index contributed by atoms with van der Waals surface area (Å²) < 4.78 is 0. The van der Waals surface area contributed by atoms with Crippen LogP contribution in [0.1, 0.15) is 47.0 Å². The summed E-state index contributed by atoms with van der Waals surface area (Å²) in [5.74, 6) is -0.767. The highest BCUT2D eigenvalue weighted by Crippen LogP contribution is 2.33. The van der Waals surface area contributed by atoms with Crippen molar-refractivity contribution in [1.29, 1.82) is 0 Å². The number of thiophene rings is 1. The summed E-state index contributed by atoms with van der Waals surface area (Å²) in [6.45, 7) is 0. The van der Waals surface area contributed by atoms with E-state index in [4.69, 9.17) is 10.8 Å². The molecular weight excluding hydrogens is 222 g/mol. The molecule has 1 aromatic rings. The van der Waals surface area contributed by atoms with Crippen LogP contribution in [0.2, 0.25) is 0 Å². The van der Waals surface area contributed by atoms with Crippen LogP contribution in [-0.4, -0.2) is 11.1 Å². The van der Waals surface area contributed by atoms with Crippen LogP contribution in [0, 0.1) is 0 Å². The third-order valence-corrected chi connectivity index (χ3v) is 4.42. The summed E-state index contributed by atoms with van der Waals surface area (Å²) >= 11 is 1.78. The van der Waals surface area contributed by atoms with Crippen molar-refractivity contribution in [3.63, 3.8) is 0 Å². The highest BCUT2D eigenvalue weighted by Gasteiger charge is 2.17. The number of carbonyl (C=O) groups is 1. The van der Waals surface area contributed by atoms with Crippen LogP contribution in [0.3, 0.4) is 0 Å². The van der Waals surface area contributed by atoms with E-state index in [-0.39, 0.29) is 12.5 Å². The Hall–Kier alpha value is -0.870. The molecule has 0 saturated heterocycles. The Morgan fingerprint density at radius 1 is 1.50 bits per heavy atom. The van der Waals surface area contributed by atoms with Crippen molar-refractivity contribution in [2.75, 3.05) is 0 Å². The van der Waals surface area contributed by atoms with E-state index in [0.29, 0.717) is 6.42 Å². The maximum atomic E-state index is 10.5. The van der Waals surface area contributed by atoms with E-state index in [2.05, 4.69) is 6.07 Å². The number of fused-ring (bicyclic) bond motifs is 1. The number of aryl methyl sites for hydroxylation is 2. The number of aliphatic carboxylic acids is 1. The normalized spacial score (nSPS) is 16.8. The van der Waals surface area contributed by atoms with Crippen LogP contribution >= 0.6 is 11.3 Å². The standard InChI is InChI=1S/C12H17NO2S/c13-9(5-6-12(14)15)11-7-8-3-1-2-4-10(8)16-11/h7,9H,1-6,13H2,(H,14,15). The van der Waals surface area contributed by atoms with Gasteiger partial charge in [-0.15, -0.1) is 11.3 Å². The Kier molecular flexibility index (Phi) is 3.61. The minimum Gasteiger partial charge on any atom is -0.481 e. The van der Waals surface area contributed by atoms with E-state index in [0.717, 1.165) is 11.3 Å². The van der Waals surface area contributed by atoms with Gasteiger partial charge in [-0.25, -0.2) is 0 Å². The number of rotatable bonds is 4. The van der Waals surface area contributed by atoms with Crippen LogP contribution < -0.4 is 5.73 Å². The topological polar surface area (TPSA) is 63.3 Å². The van der Waals surface area contributed by atoms with E-state index in [1.807, 2.05) is 0 Å². The van der Waals surface area contributed by atoms with Crippen LogP contribution in [0.4, 0.5) is 0 Å². The molecule has 0 spiro atoms. The average Bonchev–Trinajstić information content (AvgIpc) is 2.69. The molecule has 0 aliphatic heterocycles. The van der Waals surface area contributed by atoms with E-state index in [1.165, 1.54) is 29.7 Å². The highest BCUT2D eigenvalue weighted by atomic mass is 32.1. The first kappa shape index (κ1) is 11.6. The second-order valence-corrected chi connectivity index (χ2v) is 5.51. The van der Waals surface area contributed by atoms with Crippen molar-refractivity contribution in [3.8, 4) is 0 Å². The van der Waals surface area contributed by atoms with Gasteiger partial charge >= 0.3 is 5.97 Å². The third kappa shape index (κ3) is 2.62. The molecule has 0 saturated carbocycles. The molecule has 0 aromatic carbocycles. The van der Waals surface area contributed by atoms with Crippen molar-refractivity contribution in [2.24, 2.45) is 5.73 Å². The molecule has 1 heterocycles. The quantitative estimate of drug-likeness (QED) is 0.848. The number of hydrogen-bond acceptors (Lipinski definition) is 3. The molecule has 0 amide bonds. The molecule has 0 radical (unpaired) electrons. The lowest BCUT2D eigenvalue weighted by Gasteiger charge is -2.08. The molecule has 16 heavy (non-hydrogen) atoms. The van der Waals surface area contributed by atoms with Crippen molar-refractivity contribution in [2.45, 2.75) is 44.6 Å². The van der Waals surface area contributed by atoms with Gasteiger partial charge in [-0.1, -0.05) is 0 Å². The SMILES string of the molecule is NC(CCC(=O)O)c1cc2c(s1)CCCC2. The van der Waals surface area contributed by atoms with Crippen molar-refractivity contribution < 1.29 is 9.90 Å². The molecule has 88 valence electrons. The van der Waals surface area contributed by atoms with Gasteiger partial charge in [-0.05, 0) is 43.7 Å². The second kappa shape index (κ2) is 4.97. The predicted octanol–water partition coefficient (Wildman–Crippen LogP) is 2.49. The molecule has 0 fully saturated rings. The smallest absolute Gasteiger partial charge is 0.303 e. The van der Waals surface area contributed by atoms with Gasteiger partial charge in [0.25, 0.3) is 0 Å². The lowest BCUT2D eigenvalue weighted by molar-refractivity contribution is -0.137. The molecule has 2 rings (SSSR count). The van der Waals surface area contributed by atoms with Crippen LogP contribution in [-0.2, 0) is 17.6 Å². The second-order valence-electron chi connectivity index (χ2n) is 4.34. The van der Waals surface area contributed by atoms with E-state index < -0.39 is 5.97 Å². The Balaban J connectivity index is 2.03. The number of carboxylic acids is 1. The summed E-state index contributed by atoms with van der Waals surface area (Å²) in [5.41, 5.74) is 7.44. The lowest BCUT2D eigenvalue weighted by Crippen LogP contribution is -2.10. The minimum absolute atomic E-state index is 0.105. The summed E-state index contributed by atoms with van der Waals surface area (Å²) in [4.78, 5) is 13.1. The summed E-state index contributed by atoms with van der Waals surface area (Å²) in [6.07, 6.45) is 5.58. The van der Waals surface area contributed by atoms with E-state index >= 15 is 0 Å². The van der Waals surface area contributed by atoms with Gasteiger partial charge in [0.2, 0.25) is 0 Å². The average molecular weight is 239 g/mol. The predicted molar refractivity (Wildman–Crippen MR) is 64.8 cm³/mol. The fourth-order valence-corrected chi connectivity index (χ4v) is 3.41. The zero-order valence-electron chi connectivity index (χ0n) is 9.24. The van der Waals surface area contributed by atoms with Crippen molar-refractivity contribution in [3.05, 3.63) is 21.4 Å². The van der Waals surface area contributed by atoms with Gasteiger partial charge in [0.1, 0.15) is 0 Å². The van der Waals surface area contributed by atoms with Crippen LogP contribution in [0.5, 0.6) is 0 Å². The first-order valence-electron chi connectivity index (χ1n) is 5.75. The Bertz CT molecular complexity index is 363. The molecule has 1 unspecified atom stereocenters. The maximum Gasteiger partial charge on any atom is 0.303 e. The monoisotopic (exact) mass is 239 g/mol. The zero-order chi connectivity index (χ0) is 11.5. The van der Waals surface area contributed by atoms with Gasteiger partial charge in [0.15, 0.2) is 0 Å². The molecule has 3 N–H and O–H groups in total. The molecule has 1 aliphatic rings. The molecule has 0 bridgehead atoms. The first-order valence-corrected chi connectivity index (χ1v) is 6.57. The largest absolute Gasteiger partial charge is 0.481 e. The molecule has 1 atom stereocenters. The first-order chi connectivity index (χ1) is 7.66. The summed E-state index contributed by atoms with van der Waals surface area (Å²) in [7, 11) is 0. The van der Waals surface area contributed by atoms with Gasteiger partial charge in [0, 0.05) is 22.2 Å². The fraction of sp³-hybridized carbons (Fsp3) is 0.583. The van der Waals surface area contributed by atoms with Gasteiger partial charge in [-0.2, -0.15) is 0 Å². The van der Waals surface area contributed by atoms with Gasteiger partial charge < -0.3 is 10.8 Å². The fourth-order valence-electron chi connectivity index (χ4n) is 2.12. The number of hydrogen-bond donors (Lipinski definition) is 2. The molecule has 1 aromatic heterocycles. The van der Waals surface area contributed by atoms with E-state index in [1.54, 1.807) is 11.3 Å². The van der Waals surface area contributed by atoms with Crippen molar-refractivity contribution in [1.82, 2.24) is 0 Å². The molecule has 3 nitrogen and oxygen atoms in total. The molecule has 1 aliphatic carbocycles. The highest BCUT2D eigenvalue weighted by molar-refractivity contribution is 7.12. The van der Waals surface area contributed by atoms with Gasteiger partial charge in [0.05, 0.1) is 0 Å². The zero-order valence-corrected chi connectivity index (χ0v) is 10.1. The van der Waals surface area contributed by atoms with Crippen molar-refractivity contribution >= 4 is 17.3 Å². The lowest BCUT2D eigenvalue weighted by atomic mass is 9.98. The Morgan fingerprint density at radius 2 is 2.25 bits per heavy atom.